The number of hydrogen-bond donors (Lipinski definition) is 3. The van der Waals surface area contributed by atoms with Crippen LogP contribution in [0.4, 0.5) is 4.79 Å². The molecule has 1 aliphatic carbocycles. The molecule has 0 aliphatic heterocycles. The summed E-state index contributed by atoms with van der Waals surface area (Å²) in [6.07, 6.45) is -2.89. The Bertz CT molecular complexity index is 1050. The maximum absolute atomic E-state index is 12.3. The largest absolute Gasteiger partial charge is 0.449 e. The summed E-state index contributed by atoms with van der Waals surface area (Å²) in [5.41, 5.74) is 6.14. The van der Waals surface area contributed by atoms with Crippen LogP contribution in [0.2, 0.25) is 0 Å². The summed E-state index contributed by atoms with van der Waals surface area (Å²) in [5.74, 6) is -0.0283. The molecule has 1 aliphatic rings. The molecule has 0 aromatic heterocycles. The van der Waals surface area contributed by atoms with Crippen molar-refractivity contribution in [3.05, 3.63) is 93.5 Å². The molecule has 6 heteroatoms. The van der Waals surface area contributed by atoms with Gasteiger partial charge >= 0.3 is 6.09 Å². The number of benzene rings is 3. The standard InChI is InChI=1S/C25H24BrNO4/c1-15-12-16(10-11-22(15)26)24(29)23(28)13-27-25(30)31-14-21-19-8-4-2-6-17(19)18-7-3-5-9-20(18)21/h2-12,21,23-24,28-29H,13-14H2,1H3,(H,27,30). The Morgan fingerprint density at radius 3 is 2.26 bits per heavy atom. The van der Waals surface area contributed by atoms with Crippen molar-refractivity contribution in [2.45, 2.75) is 25.0 Å². The summed E-state index contributed by atoms with van der Waals surface area (Å²) >= 11 is 3.41. The molecule has 1 amide bonds. The number of aryl methyl sites for hydroxylation is 1. The number of fused-ring (bicyclic) bond motifs is 3. The zero-order valence-corrected chi connectivity index (χ0v) is 18.7. The van der Waals surface area contributed by atoms with E-state index < -0.39 is 18.3 Å². The van der Waals surface area contributed by atoms with Crippen LogP contribution in [0.3, 0.4) is 0 Å². The lowest BCUT2D eigenvalue weighted by molar-refractivity contribution is 0.0185. The number of carbonyl (C=O) groups is 1. The molecule has 0 saturated carbocycles. The zero-order valence-electron chi connectivity index (χ0n) is 17.1. The van der Waals surface area contributed by atoms with Gasteiger partial charge in [-0.25, -0.2) is 4.79 Å². The molecule has 0 bridgehead atoms. The first kappa shape index (κ1) is 21.6. The van der Waals surface area contributed by atoms with E-state index in [2.05, 4.69) is 45.5 Å². The lowest BCUT2D eigenvalue weighted by Gasteiger charge is -2.20. The molecule has 31 heavy (non-hydrogen) atoms. The minimum absolute atomic E-state index is 0.0283. The SMILES string of the molecule is Cc1cc(C(O)C(O)CNC(=O)OCC2c3ccccc3-c3ccccc32)ccc1Br. The van der Waals surface area contributed by atoms with Gasteiger partial charge < -0.3 is 20.3 Å². The van der Waals surface area contributed by atoms with Gasteiger partial charge in [0.15, 0.2) is 0 Å². The molecule has 0 spiro atoms. The van der Waals surface area contributed by atoms with E-state index in [4.69, 9.17) is 4.74 Å². The first-order valence-corrected chi connectivity index (χ1v) is 11.0. The van der Waals surface area contributed by atoms with Crippen molar-refractivity contribution in [3.8, 4) is 11.1 Å². The quantitative estimate of drug-likeness (QED) is 0.477. The number of halogens is 1. The molecule has 2 unspecified atom stereocenters. The minimum Gasteiger partial charge on any atom is -0.449 e. The number of amides is 1. The minimum atomic E-state index is -1.15. The van der Waals surface area contributed by atoms with Crippen LogP contribution in [0, 0.1) is 6.92 Å². The van der Waals surface area contributed by atoms with E-state index in [1.165, 1.54) is 0 Å². The van der Waals surface area contributed by atoms with Crippen LogP contribution in [-0.2, 0) is 4.74 Å². The van der Waals surface area contributed by atoms with Crippen molar-refractivity contribution < 1.29 is 19.7 Å². The van der Waals surface area contributed by atoms with Crippen molar-refractivity contribution in [2.24, 2.45) is 0 Å². The molecule has 3 aromatic rings. The highest BCUT2D eigenvalue weighted by molar-refractivity contribution is 9.10. The van der Waals surface area contributed by atoms with Crippen LogP contribution < -0.4 is 5.32 Å². The van der Waals surface area contributed by atoms with Gasteiger partial charge in [-0.15, -0.1) is 0 Å². The highest BCUT2D eigenvalue weighted by Gasteiger charge is 2.29. The fraction of sp³-hybridized carbons (Fsp3) is 0.240. The molecule has 0 heterocycles. The van der Waals surface area contributed by atoms with Gasteiger partial charge in [-0.05, 0) is 46.4 Å². The van der Waals surface area contributed by atoms with Gasteiger partial charge in [-0.1, -0.05) is 76.6 Å². The number of aliphatic hydroxyl groups is 2. The number of nitrogens with one attached hydrogen (secondary N) is 1. The summed E-state index contributed by atoms with van der Waals surface area (Å²) in [5, 5.41) is 23.2. The number of alkyl carbamates (subject to hydrolysis) is 1. The molecule has 3 N–H and O–H groups in total. The van der Waals surface area contributed by atoms with Gasteiger partial charge in [0.2, 0.25) is 0 Å². The average Bonchev–Trinajstić information content (AvgIpc) is 3.11. The number of ether oxygens (including phenoxy) is 1. The molecule has 3 aromatic carbocycles. The second-order valence-electron chi connectivity index (χ2n) is 7.73. The monoisotopic (exact) mass is 481 g/mol. The Hall–Kier alpha value is -2.67. The van der Waals surface area contributed by atoms with E-state index in [1.807, 2.05) is 37.3 Å². The van der Waals surface area contributed by atoms with Crippen molar-refractivity contribution in [1.82, 2.24) is 5.32 Å². The van der Waals surface area contributed by atoms with Crippen LogP contribution in [-0.4, -0.2) is 35.6 Å². The van der Waals surface area contributed by atoms with Crippen LogP contribution in [0.1, 0.15) is 34.3 Å². The molecule has 0 fully saturated rings. The van der Waals surface area contributed by atoms with Gasteiger partial charge in [-0.2, -0.15) is 0 Å². The maximum Gasteiger partial charge on any atom is 0.407 e. The van der Waals surface area contributed by atoms with E-state index >= 15 is 0 Å². The number of rotatable bonds is 6. The first-order valence-electron chi connectivity index (χ1n) is 10.2. The summed E-state index contributed by atoms with van der Waals surface area (Å²) in [6, 6.07) is 21.6. The average molecular weight is 482 g/mol. The molecule has 4 rings (SSSR count). The fourth-order valence-electron chi connectivity index (χ4n) is 4.02. The van der Waals surface area contributed by atoms with Crippen molar-refractivity contribution in [3.63, 3.8) is 0 Å². The topological polar surface area (TPSA) is 78.8 Å². The number of carbonyl (C=O) groups excluding carboxylic acids is 1. The summed E-state index contributed by atoms with van der Waals surface area (Å²) in [7, 11) is 0. The van der Waals surface area contributed by atoms with Crippen molar-refractivity contribution in [1.29, 1.82) is 0 Å². The van der Waals surface area contributed by atoms with Crippen LogP contribution >= 0.6 is 15.9 Å². The Labute approximate surface area is 189 Å². The molecule has 0 saturated heterocycles. The highest BCUT2D eigenvalue weighted by atomic mass is 79.9. The third-order valence-corrected chi connectivity index (χ3v) is 6.58. The normalized spacial score (nSPS) is 14.5. The molecule has 5 nitrogen and oxygen atoms in total. The summed E-state index contributed by atoms with van der Waals surface area (Å²) in [4.78, 5) is 12.3. The number of hydrogen-bond acceptors (Lipinski definition) is 4. The van der Waals surface area contributed by atoms with Crippen molar-refractivity contribution >= 4 is 22.0 Å². The second-order valence-corrected chi connectivity index (χ2v) is 8.58. The smallest absolute Gasteiger partial charge is 0.407 e. The Morgan fingerprint density at radius 2 is 1.65 bits per heavy atom. The number of aliphatic hydroxyl groups excluding tert-OH is 2. The summed E-state index contributed by atoms with van der Waals surface area (Å²) in [6.45, 7) is 1.99. The Kier molecular flexibility index (Phi) is 6.41. The molecular weight excluding hydrogens is 458 g/mol. The summed E-state index contributed by atoms with van der Waals surface area (Å²) < 4.78 is 6.39. The van der Waals surface area contributed by atoms with E-state index in [1.54, 1.807) is 12.1 Å². The van der Waals surface area contributed by atoms with Gasteiger partial charge in [0.25, 0.3) is 0 Å². The highest BCUT2D eigenvalue weighted by Crippen LogP contribution is 2.44. The van der Waals surface area contributed by atoms with Gasteiger partial charge in [0.05, 0.1) is 0 Å². The Balaban J connectivity index is 1.34. The Morgan fingerprint density at radius 1 is 1.03 bits per heavy atom. The van der Waals surface area contributed by atoms with Gasteiger partial charge in [0, 0.05) is 16.9 Å². The van der Waals surface area contributed by atoms with Gasteiger partial charge in [-0.3, -0.25) is 0 Å². The van der Waals surface area contributed by atoms with Crippen molar-refractivity contribution in [2.75, 3.05) is 13.2 Å². The second kappa shape index (κ2) is 9.22. The lowest BCUT2D eigenvalue weighted by Crippen LogP contribution is -2.36. The zero-order chi connectivity index (χ0) is 22.0. The van der Waals surface area contributed by atoms with E-state index in [9.17, 15) is 15.0 Å². The third kappa shape index (κ3) is 4.51. The van der Waals surface area contributed by atoms with E-state index in [-0.39, 0.29) is 19.1 Å². The lowest BCUT2D eigenvalue weighted by atomic mass is 9.98. The molecule has 160 valence electrons. The predicted molar refractivity (Wildman–Crippen MR) is 123 cm³/mol. The van der Waals surface area contributed by atoms with Crippen LogP contribution in [0.5, 0.6) is 0 Å². The first-order chi connectivity index (χ1) is 15.0. The molecule has 0 radical (unpaired) electrons. The van der Waals surface area contributed by atoms with E-state index in [0.717, 1.165) is 32.3 Å². The predicted octanol–water partition coefficient (Wildman–Crippen LogP) is 4.69. The third-order valence-electron chi connectivity index (χ3n) is 5.69. The van der Waals surface area contributed by atoms with Crippen LogP contribution in [0.25, 0.3) is 11.1 Å². The molecular formula is C25H24BrNO4. The van der Waals surface area contributed by atoms with E-state index in [0.29, 0.717) is 5.56 Å². The molecule has 2 atom stereocenters. The maximum atomic E-state index is 12.3. The van der Waals surface area contributed by atoms with Crippen LogP contribution in [0.15, 0.2) is 71.2 Å². The van der Waals surface area contributed by atoms with Gasteiger partial charge in [0.1, 0.15) is 18.8 Å². The fourth-order valence-corrected chi connectivity index (χ4v) is 4.27.